The number of hydrogen-bond acceptors (Lipinski definition) is 2. The molecule has 2 amide bonds. The Hall–Kier alpha value is -1.06. The van der Waals surface area contributed by atoms with Gasteiger partial charge in [0.2, 0.25) is 11.8 Å². The van der Waals surface area contributed by atoms with Crippen LogP contribution in [-0.2, 0) is 9.59 Å². The van der Waals surface area contributed by atoms with E-state index in [-0.39, 0.29) is 17.7 Å². The predicted octanol–water partition coefficient (Wildman–Crippen LogP) is 0.867. The third-order valence-corrected chi connectivity index (χ3v) is 3.65. The number of carbonyl (C=O) groups excluding carboxylic acids is 2. The molecular weight excluding hydrogens is 204 g/mol. The maximum absolute atomic E-state index is 12.2. The topological polar surface area (TPSA) is 40.6 Å². The van der Waals surface area contributed by atoms with Gasteiger partial charge in [-0.3, -0.25) is 9.59 Å². The van der Waals surface area contributed by atoms with E-state index in [9.17, 15) is 9.59 Å². The van der Waals surface area contributed by atoms with Crippen molar-refractivity contribution in [3.63, 3.8) is 0 Å². The van der Waals surface area contributed by atoms with Crippen molar-refractivity contribution >= 4 is 11.8 Å². The van der Waals surface area contributed by atoms with Crippen molar-refractivity contribution in [3.8, 4) is 0 Å². The van der Waals surface area contributed by atoms with Gasteiger partial charge in [-0.05, 0) is 25.7 Å². The quantitative estimate of drug-likeness (QED) is 0.663. The molecule has 0 aromatic rings. The summed E-state index contributed by atoms with van der Waals surface area (Å²) in [7, 11) is 0. The zero-order chi connectivity index (χ0) is 11.5. The van der Waals surface area contributed by atoms with Crippen molar-refractivity contribution < 1.29 is 9.59 Å². The maximum Gasteiger partial charge on any atom is 0.227 e. The third kappa shape index (κ3) is 2.36. The van der Waals surface area contributed by atoms with E-state index >= 15 is 0 Å². The van der Waals surface area contributed by atoms with Crippen molar-refractivity contribution in [1.82, 2.24) is 9.80 Å². The Labute approximate surface area is 96.6 Å². The highest BCUT2D eigenvalue weighted by Gasteiger charge is 2.32. The van der Waals surface area contributed by atoms with Crippen LogP contribution in [0.4, 0.5) is 0 Å². The van der Waals surface area contributed by atoms with Gasteiger partial charge in [0.25, 0.3) is 0 Å². The van der Waals surface area contributed by atoms with E-state index in [1.807, 2.05) is 4.90 Å². The molecule has 0 radical (unpaired) electrons. The molecule has 2 aliphatic rings. The molecule has 0 spiro atoms. The molecule has 0 saturated carbocycles. The molecule has 2 saturated heterocycles. The van der Waals surface area contributed by atoms with Crippen LogP contribution in [0.25, 0.3) is 0 Å². The van der Waals surface area contributed by atoms with E-state index < -0.39 is 0 Å². The van der Waals surface area contributed by atoms with Crippen molar-refractivity contribution in [1.29, 1.82) is 0 Å². The highest BCUT2D eigenvalue weighted by molar-refractivity contribution is 5.81. The lowest BCUT2D eigenvalue weighted by Crippen LogP contribution is -2.40. The molecule has 90 valence electrons. The lowest BCUT2D eigenvalue weighted by Gasteiger charge is -2.29. The monoisotopic (exact) mass is 224 g/mol. The average Bonchev–Trinajstić information content (AvgIpc) is 2.78. The van der Waals surface area contributed by atoms with E-state index in [0.29, 0.717) is 6.54 Å². The van der Waals surface area contributed by atoms with E-state index in [1.54, 1.807) is 11.8 Å². The minimum atomic E-state index is 0.0574. The molecule has 0 aliphatic carbocycles. The Morgan fingerprint density at radius 3 is 2.25 bits per heavy atom. The molecule has 0 aromatic heterocycles. The summed E-state index contributed by atoms with van der Waals surface area (Å²) in [6.07, 6.45) is 4.35. The van der Waals surface area contributed by atoms with Crippen LogP contribution in [0.2, 0.25) is 0 Å². The summed E-state index contributed by atoms with van der Waals surface area (Å²) in [4.78, 5) is 27.1. The smallest absolute Gasteiger partial charge is 0.227 e. The SMILES string of the molecule is CC(=O)N1CCC(C(=O)N2CCCCC2)C1. The fourth-order valence-electron chi connectivity index (χ4n) is 2.62. The molecule has 0 bridgehead atoms. The lowest BCUT2D eigenvalue weighted by atomic mass is 10.0. The summed E-state index contributed by atoms with van der Waals surface area (Å²) >= 11 is 0. The Bertz CT molecular complexity index is 285. The second-order valence-corrected chi connectivity index (χ2v) is 4.84. The highest BCUT2D eigenvalue weighted by Crippen LogP contribution is 2.20. The number of rotatable bonds is 1. The molecule has 2 fully saturated rings. The predicted molar refractivity (Wildman–Crippen MR) is 60.8 cm³/mol. The summed E-state index contributed by atoms with van der Waals surface area (Å²) in [5.74, 6) is 0.416. The number of piperidine rings is 1. The van der Waals surface area contributed by atoms with Gasteiger partial charge in [0.05, 0.1) is 5.92 Å². The van der Waals surface area contributed by atoms with Crippen LogP contribution in [0.3, 0.4) is 0 Å². The van der Waals surface area contributed by atoms with Gasteiger partial charge >= 0.3 is 0 Å². The zero-order valence-corrected chi connectivity index (χ0v) is 9.95. The van der Waals surface area contributed by atoms with Crippen LogP contribution in [-0.4, -0.2) is 47.8 Å². The van der Waals surface area contributed by atoms with Gasteiger partial charge < -0.3 is 9.80 Å². The first-order chi connectivity index (χ1) is 7.68. The van der Waals surface area contributed by atoms with Crippen LogP contribution in [0.5, 0.6) is 0 Å². The summed E-state index contributed by atoms with van der Waals surface area (Å²) in [6, 6.07) is 0. The first-order valence-corrected chi connectivity index (χ1v) is 6.23. The fraction of sp³-hybridized carbons (Fsp3) is 0.833. The molecule has 2 rings (SSSR count). The number of likely N-dealkylation sites (tertiary alicyclic amines) is 2. The third-order valence-electron chi connectivity index (χ3n) is 3.65. The molecule has 0 aromatic carbocycles. The van der Waals surface area contributed by atoms with Gasteiger partial charge in [-0.25, -0.2) is 0 Å². The Morgan fingerprint density at radius 1 is 1.00 bits per heavy atom. The average molecular weight is 224 g/mol. The molecule has 0 N–H and O–H groups in total. The second kappa shape index (κ2) is 4.85. The van der Waals surface area contributed by atoms with Crippen LogP contribution in [0.1, 0.15) is 32.6 Å². The first-order valence-electron chi connectivity index (χ1n) is 6.23. The normalized spacial score (nSPS) is 25.9. The number of carbonyl (C=O) groups is 2. The Morgan fingerprint density at radius 2 is 1.69 bits per heavy atom. The molecule has 2 heterocycles. The highest BCUT2D eigenvalue weighted by atomic mass is 16.2. The summed E-state index contributed by atoms with van der Waals surface area (Å²) in [5, 5.41) is 0. The minimum absolute atomic E-state index is 0.0574. The number of nitrogens with zero attached hydrogens (tertiary/aromatic N) is 2. The molecule has 4 nitrogen and oxygen atoms in total. The number of hydrogen-bond donors (Lipinski definition) is 0. The van der Waals surface area contributed by atoms with Crippen molar-refractivity contribution in [2.45, 2.75) is 32.6 Å². The molecule has 1 atom stereocenters. The van der Waals surface area contributed by atoms with Gasteiger partial charge in [0.1, 0.15) is 0 Å². The Balaban J connectivity index is 1.88. The van der Waals surface area contributed by atoms with Crippen molar-refractivity contribution in [3.05, 3.63) is 0 Å². The van der Waals surface area contributed by atoms with E-state index in [4.69, 9.17) is 0 Å². The van der Waals surface area contributed by atoms with Crippen LogP contribution in [0.15, 0.2) is 0 Å². The Kier molecular flexibility index (Phi) is 3.46. The standard InChI is InChI=1S/C12H20N2O2/c1-10(15)14-8-5-11(9-14)12(16)13-6-3-2-4-7-13/h11H,2-9H2,1H3. The summed E-state index contributed by atoms with van der Waals surface area (Å²) < 4.78 is 0. The van der Waals surface area contributed by atoms with Crippen molar-refractivity contribution in [2.75, 3.05) is 26.2 Å². The molecular formula is C12H20N2O2. The van der Waals surface area contributed by atoms with Gasteiger partial charge in [-0.1, -0.05) is 0 Å². The summed E-state index contributed by atoms with van der Waals surface area (Å²) in [6.45, 7) is 4.78. The van der Waals surface area contributed by atoms with Crippen LogP contribution in [0, 0.1) is 5.92 Å². The minimum Gasteiger partial charge on any atom is -0.342 e. The molecule has 2 aliphatic heterocycles. The zero-order valence-electron chi connectivity index (χ0n) is 9.95. The van der Waals surface area contributed by atoms with Crippen LogP contribution >= 0.6 is 0 Å². The van der Waals surface area contributed by atoms with E-state index in [2.05, 4.69) is 0 Å². The van der Waals surface area contributed by atoms with Gasteiger partial charge in [0, 0.05) is 33.1 Å². The number of amides is 2. The largest absolute Gasteiger partial charge is 0.342 e. The molecule has 1 unspecified atom stereocenters. The first kappa shape index (κ1) is 11.4. The van der Waals surface area contributed by atoms with E-state index in [0.717, 1.165) is 38.9 Å². The van der Waals surface area contributed by atoms with Gasteiger partial charge in [-0.15, -0.1) is 0 Å². The van der Waals surface area contributed by atoms with Crippen LogP contribution < -0.4 is 0 Å². The lowest BCUT2D eigenvalue weighted by molar-refractivity contribution is -0.136. The molecule has 16 heavy (non-hydrogen) atoms. The second-order valence-electron chi connectivity index (χ2n) is 4.84. The molecule has 4 heteroatoms. The maximum atomic E-state index is 12.2. The van der Waals surface area contributed by atoms with Crippen molar-refractivity contribution in [2.24, 2.45) is 5.92 Å². The summed E-state index contributed by atoms with van der Waals surface area (Å²) in [5.41, 5.74) is 0. The van der Waals surface area contributed by atoms with Gasteiger partial charge in [0.15, 0.2) is 0 Å². The van der Waals surface area contributed by atoms with Gasteiger partial charge in [-0.2, -0.15) is 0 Å². The van der Waals surface area contributed by atoms with E-state index in [1.165, 1.54) is 6.42 Å². The fourth-order valence-corrected chi connectivity index (χ4v) is 2.62.